The normalized spacial score (nSPS) is 29.5. The molecule has 4 saturated carbocycles. The third kappa shape index (κ3) is 3.27. The monoisotopic (exact) mass is 412 g/mol. The number of fused-ring (bicyclic) bond motifs is 1. The first kappa shape index (κ1) is 18.8. The smallest absolute Gasteiger partial charge is 0.281 e. The molecule has 0 saturated heterocycles. The van der Waals surface area contributed by atoms with E-state index in [1.54, 1.807) is 0 Å². The van der Waals surface area contributed by atoms with Crippen LogP contribution in [0.2, 0.25) is 0 Å². The Labute approximate surface area is 182 Å². The predicted molar refractivity (Wildman–Crippen MR) is 122 cm³/mol. The molecule has 0 spiro atoms. The highest BCUT2D eigenvalue weighted by molar-refractivity contribution is 6.03. The average molecular weight is 413 g/mol. The van der Waals surface area contributed by atoms with Crippen LogP contribution in [-0.4, -0.2) is 21.8 Å². The Morgan fingerprint density at radius 2 is 1.68 bits per heavy atom. The van der Waals surface area contributed by atoms with Crippen molar-refractivity contribution in [1.82, 2.24) is 15.6 Å². The summed E-state index contributed by atoms with van der Waals surface area (Å²) >= 11 is 0. The van der Waals surface area contributed by atoms with Gasteiger partial charge in [-0.05, 0) is 91.7 Å². The molecule has 7 rings (SSSR count). The van der Waals surface area contributed by atoms with E-state index in [1.807, 2.05) is 31.2 Å². The van der Waals surface area contributed by atoms with Crippen LogP contribution in [0.15, 0.2) is 53.6 Å². The van der Waals surface area contributed by atoms with Crippen molar-refractivity contribution >= 4 is 22.4 Å². The minimum absolute atomic E-state index is 0.213. The van der Waals surface area contributed by atoms with Gasteiger partial charge in [0.05, 0.1) is 5.71 Å². The summed E-state index contributed by atoms with van der Waals surface area (Å²) in [6.45, 7) is 1.91. The van der Waals surface area contributed by atoms with Crippen LogP contribution >= 0.6 is 0 Å². The van der Waals surface area contributed by atoms with Crippen molar-refractivity contribution in [2.75, 3.05) is 0 Å². The van der Waals surface area contributed by atoms with Gasteiger partial charge in [-0.25, -0.2) is 5.43 Å². The van der Waals surface area contributed by atoms with E-state index in [1.165, 1.54) is 43.9 Å². The lowest BCUT2D eigenvalue weighted by Gasteiger charge is -2.56. The Bertz CT molecular complexity index is 1160. The molecule has 4 fully saturated rings. The largest absolute Gasteiger partial charge is 0.291 e. The maximum Gasteiger partial charge on any atom is 0.291 e. The van der Waals surface area contributed by atoms with E-state index in [-0.39, 0.29) is 11.3 Å². The van der Waals surface area contributed by atoms with Crippen molar-refractivity contribution in [3.8, 4) is 0 Å². The second kappa shape index (κ2) is 7.04. The Morgan fingerprint density at radius 1 is 1.00 bits per heavy atom. The Morgan fingerprint density at radius 3 is 2.39 bits per heavy atom. The van der Waals surface area contributed by atoms with E-state index < -0.39 is 0 Å². The van der Waals surface area contributed by atoms with Crippen molar-refractivity contribution in [2.24, 2.45) is 22.9 Å². The predicted octanol–water partition coefficient (Wildman–Crippen LogP) is 5.18. The van der Waals surface area contributed by atoms with E-state index in [9.17, 15) is 4.79 Å². The fraction of sp³-hybridized carbons (Fsp3) is 0.423. The topological polar surface area (TPSA) is 70.1 Å². The molecule has 158 valence electrons. The molecule has 1 amide bonds. The maximum absolute atomic E-state index is 12.7. The number of hydrogen-bond acceptors (Lipinski definition) is 3. The third-order valence-corrected chi connectivity index (χ3v) is 7.91. The first-order chi connectivity index (χ1) is 15.1. The zero-order valence-electron chi connectivity index (χ0n) is 17.9. The second-order valence-electron chi connectivity index (χ2n) is 10.1. The first-order valence-corrected chi connectivity index (χ1v) is 11.5. The number of H-pyrrole nitrogens is 1. The van der Waals surface area contributed by atoms with Gasteiger partial charge in [0.1, 0.15) is 0 Å². The second-order valence-corrected chi connectivity index (χ2v) is 10.1. The number of nitrogens with one attached hydrogen (secondary N) is 2. The quantitative estimate of drug-likeness (QED) is 0.458. The molecule has 4 aliphatic rings. The number of hydrazone groups is 1. The summed E-state index contributed by atoms with van der Waals surface area (Å²) in [5.41, 5.74) is 6.27. The number of hydrogen-bond donors (Lipinski definition) is 2. The Kier molecular flexibility index (Phi) is 4.27. The summed E-state index contributed by atoms with van der Waals surface area (Å²) in [6, 6.07) is 16.4. The van der Waals surface area contributed by atoms with Gasteiger partial charge in [-0.1, -0.05) is 36.4 Å². The van der Waals surface area contributed by atoms with Crippen LogP contribution in [0.3, 0.4) is 0 Å². The SMILES string of the molecule is C/C(=N\NC(=O)c1cc(C23CC4CC(CC(C4)C2)C3)[nH]n1)c1ccc2ccccc2c1. The molecule has 3 aromatic rings. The molecule has 2 N–H and O–H groups in total. The fourth-order valence-electron chi connectivity index (χ4n) is 6.82. The van der Waals surface area contributed by atoms with E-state index >= 15 is 0 Å². The summed E-state index contributed by atoms with van der Waals surface area (Å²) in [5, 5.41) is 14.3. The highest BCUT2D eigenvalue weighted by Crippen LogP contribution is 2.60. The van der Waals surface area contributed by atoms with Gasteiger partial charge < -0.3 is 0 Å². The van der Waals surface area contributed by atoms with E-state index in [4.69, 9.17) is 0 Å². The summed E-state index contributed by atoms with van der Waals surface area (Å²) in [7, 11) is 0. The molecule has 0 radical (unpaired) electrons. The zero-order valence-corrected chi connectivity index (χ0v) is 17.9. The van der Waals surface area contributed by atoms with Crippen LogP contribution in [0.25, 0.3) is 10.8 Å². The van der Waals surface area contributed by atoms with Gasteiger partial charge in [0.25, 0.3) is 5.91 Å². The van der Waals surface area contributed by atoms with Gasteiger partial charge in [0.15, 0.2) is 5.69 Å². The Hall–Kier alpha value is -2.95. The van der Waals surface area contributed by atoms with Gasteiger partial charge in [0, 0.05) is 11.1 Å². The number of aromatic nitrogens is 2. The van der Waals surface area contributed by atoms with E-state index in [0.29, 0.717) is 5.69 Å². The molecule has 5 nitrogen and oxygen atoms in total. The van der Waals surface area contributed by atoms with Crippen LogP contribution in [0.4, 0.5) is 0 Å². The minimum atomic E-state index is -0.257. The van der Waals surface area contributed by atoms with Crippen molar-refractivity contribution in [1.29, 1.82) is 0 Å². The van der Waals surface area contributed by atoms with Crippen LogP contribution in [0, 0.1) is 17.8 Å². The zero-order chi connectivity index (χ0) is 21.0. The standard InChI is InChI=1S/C26H28N4O/c1-16(21-7-6-20-4-2-3-5-22(20)11-21)27-30-25(31)23-12-24(29-28-23)26-13-17-8-18(14-26)10-19(9-17)15-26/h2-7,11-12,17-19H,8-10,13-15H2,1H3,(H,28,29)(H,30,31)/b27-16+. The molecule has 31 heavy (non-hydrogen) atoms. The molecular formula is C26H28N4O. The first-order valence-electron chi connectivity index (χ1n) is 11.5. The van der Waals surface area contributed by atoms with Gasteiger partial charge in [0.2, 0.25) is 0 Å². The lowest BCUT2D eigenvalue weighted by atomic mass is 9.49. The number of nitrogens with zero attached hydrogens (tertiary/aromatic N) is 2. The number of amides is 1. The molecule has 4 bridgehead atoms. The number of benzene rings is 2. The summed E-state index contributed by atoms with van der Waals surface area (Å²) < 4.78 is 0. The van der Waals surface area contributed by atoms with Crippen molar-refractivity contribution in [3.63, 3.8) is 0 Å². The lowest BCUT2D eigenvalue weighted by molar-refractivity contribution is -0.00721. The Balaban J connectivity index is 1.18. The van der Waals surface area contributed by atoms with Crippen LogP contribution in [0.1, 0.15) is 67.2 Å². The number of carbonyl (C=O) groups is 1. The highest BCUT2D eigenvalue weighted by Gasteiger charge is 2.52. The minimum Gasteiger partial charge on any atom is -0.281 e. The summed E-state index contributed by atoms with van der Waals surface area (Å²) in [5.74, 6) is 2.33. The van der Waals surface area contributed by atoms with Gasteiger partial charge in [-0.15, -0.1) is 0 Å². The van der Waals surface area contributed by atoms with Gasteiger partial charge in [-0.3, -0.25) is 9.89 Å². The maximum atomic E-state index is 12.7. The summed E-state index contributed by atoms with van der Waals surface area (Å²) in [6.07, 6.45) is 7.97. The van der Waals surface area contributed by atoms with Gasteiger partial charge in [-0.2, -0.15) is 10.2 Å². The van der Waals surface area contributed by atoms with Crippen LogP contribution in [-0.2, 0) is 5.41 Å². The lowest BCUT2D eigenvalue weighted by Crippen LogP contribution is -2.48. The molecule has 0 aliphatic heterocycles. The highest BCUT2D eigenvalue weighted by atomic mass is 16.2. The number of aromatic amines is 1. The molecule has 5 heteroatoms. The van der Waals surface area contributed by atoms with E-state index in [0.717, 1.165) is 40.1 Å². The summed E-state index contributed by atoms with van der Waals surface area (Å²) in [4.78, 5) is 12.7. The fourth-order valence-corrected chi connectivity index (χ4v) is 6.82. The van der Waals surface area contributed by atoms with Crippen LogP contribution < -0.4 is 5.43 Å². The van der Waals surface area contributed by atoms with Crippen molar-refractivity contribution < 1.29 is 4.79 Å². The number of rotatable bonds is 4. The van der Waals surface area contributed by atoms with E-state index in [2.05, 4.69) is 45.0 Å². The van der Waals surface area contributed by atoms with Gasteiger partial charge >= 0.3 is 0 Å². The molecule has 1 heterocycles. The molecule has 1 aromatic heterocycles. The molecule has 4 aliphatic carbocycles. The van der Waals surface area contributed by atoms with Crippen molar-refractivity contribution in [3.05, 3.63) is 65.5 Å². The molecule has 0 unspecified atom stereocenters. The molecular weight excluding hydrogens is 384 g/mol. The molecule has 2 aromatic carbocycles. The molecule has 0 atom stereocenters. The van der Waals surface area contributed by atoms with Crippen LogP contribution in [0.5, 0.6) is 0 Å². The van der Waals surface area contributed by atoms with Crippen molar-refractivity contribution in [2.45, 2.75) is 50.9 Å². The third-order valence-electron chi connectivity index (χ3n) is 7.91. The number of carbonyl (C=O) groups excluding carboxylic acids is 1. The average Bonchev–Trinajstić information content (AvgIpc) is 3.27.